The quantitative estimate of drug-likeness (QED) is 0.765. The Morgan fingerprint density at radius 3 is 2.71 bits per heavy atom. The largest absolute Gasteiger partial charge is 0.399 e. The molecule has 0 aromatic heterocycles. The highest BCUT2D eigenvalue weighted by Gasteiger charge is 2.13. The molecule has 0 bridgehead atoms. The lowest BCUT2D eigenvalue weighted by molar-refractivity contribution is 0.152. The van der Waals surface area contributed by atoms with Crippen LogP contribution in [0.1, 0.15) is 25.3 Å². The summed E-state index contributed by atoms with van der Waals surface area (Å²) in [6.45, 7) is 2.80. The summed E-state index contributed by atoms with van der Waals surface area (Å²) in [6.07, 6.45) is 0.478. The number of nitrogens with two attached hydrogens (primary N) is 1. The summed E-state index contributed by atoms with van der Waals surface area (Å²) in [6, 6.07) is 4.57. The summed E-state index contributed by atoms with van der Waals surface area (Å²) in [5.41, 5.74) is 6.31. The zero-order valence-electron chi connectivity index (χ0n) is 10.0. The molecular formula is C12H18F2N2S. The van der Waals surface area contributed by atoms with Crippen molar-refractivity contribution in [1.29, 1.82) is 0 Å². The summed E-state index contributed by atoms with van der Waals surface area (Å²) in [5, 5.41) is 3.56. The fraction of sp³-hybridized carbons (Fsp3) is 0.500. The summed E-state index contributed by atoms with van der Waals surface area (Å²) in [5.74, 6) is 0. The molecule has 0 spiro atoms. The molecule has 2 nitrogen and oxygen atoms in total. The Hall–Kier alpha value is -0.970. The van der Waals surface area contributed by atoms with E-state index in [0.29, 0.717) is 23.2 Å². The van der Waals surface area contributed by atoms with Crippen LogP contribution in [0.2, 0.25) is 0 Å². The van der Waals surface area contributed by atoms with Crippen LogP contribution in [-0.2, 0) is 0 Å². The number of alkyl halides is 2. The molecule has 1 unspecified atom stereocenters. The number of benzene rings is 1. The number of nitrogen functional groups attached to an aromatic ring is 1. The van der Waals surface area contributed by atoms with Crippen molar-refractivity contribution in [2.45, 2.75) is 25.0 Å². The Morgan fingerprint density at radius 2 is 2.12 bits per heavy atom. The molecule has 5 heteroatoms. The summed E-state index contributed by atoms with van der Waals surface area (Å²) in [4.78, 5) is 0. The monoisotopic (exact) mass is 260 g/mol. The first-order valence-corrected chi connectivity index (χ1v) is 6.77. The number of nitrogens with one attached hydrogen (secondary N) is 1. The van der Waals surface area contributed by atoms with Crippen LogP contribution in [0.4, 0.5) is 20.2 Å². The molecule has 1 atom stereocenters. The molecule has 17 heavy (non-hydrogen) atoms. The molecule has 0 radical (unpaired) electrons. The smallest absolute Gasteiger partial charge is 0.265 e. The van der Waals surface area contributed by atoms with Gasteiger partial charge in [-0.1, -0.05) is 6.92 Å². The molecular weight excluding hydrogens is 242 g/mol. The van der Waals surface area contributed by atoms with Crippen LogP contribution in [0.3, 0.4) is 0 Å². The highest BCUT2D eigenvalue weighted by Crippen LogP contribution is 2.29. The number of thioether (sulfide) groups is 1. The molecule has 0 aliphatic heterocycles. The third kappa shape index (κ3) is 4.42. The van der Waals surface area contributed by atoms with Crippen molar-refractivity contribution in [3.63, 3.8) is 0 Å². The normalized spacial score (nSPS) is 12.8. The highest BCUT2D eigenvalue weighted by molar-refractivity contribution is 7.99. The Morgan fingerprint density at radius 1 is 1.41 bits per heavy atom. The number of hydrogen-bond donors (Lipinski definition) is 2. The van der Waals surface area contributed by atoms with Crippen molar-refractivity contribution in [3.8, 4) is 0 Å². The third-order valence-corrected chi connectivity index (χ3v) is 3.62. The van der Waals surface area contributed by atoms with Gasteiger partial charge in [0, 0.05) is 28.7 Å². The van der Waals surface area contributed by atoms with E-state index in [1.165, 1.54) is 6.07 Å². The second-order valence-electron chi connectivity index (χ2n) is 3.91. The van der Waals surface area contributed by atoms with E-state index in [2.05, 4.69) is 12.2 Å². The van der Waals surface area contributed by atoms with Crippen molar-refractivity contribution >= 4 is 23.1 Å². The van der Waals surface area contributed by atoms with Gasteiger partial charge in [-0.25, -0.2) is 8.78 Å². The van der Waals surface area contributed by atoms with Gasteiger partial charge < -0.3 is 11.1 Å². The van der Waals surface area contributed by atoms with Gasteiger partial charge in [0.05, 0.1) is 0 Å². The Balaban J connectivity index is 2.64. The molecule has 0 saturated heterocycles. The van der Waals surface area contributed by atoms with Gasteiger partial charge in [-0.15, -0.1) is 0 Å². The maximum Gasteiger partial charge on any atom is 0.265 e. The summed E-state index contributed by atoms with van der Waals surface area (Å²) >= 11 is 1.76. The second-order valence-corrected chi connectivity index (χ2v) is 5.19. The first-order valence-electron chi connectivity index (χ1n) is 5.48. The van der Waals surface area contributed by atoms with E-state index in [4.69, 9.17) is 5.73 Å². The topological polar surface area (TPSA) is 38.0 Å². The van der Waals surface area contributed by atoms with Gasteiger partial charge in [-0.3, -0.25) is 0 Å². The average molecular weight is 260 g/mol. The van der Waals surface area contributed by atoms with Crippen molar-refractivity contribution in [2.75, 3.05) is 23.9 Å². The maximum absolute atomic E-state index is 12.8. The lowest BCUT2D eigenvalue weighted by Gasteiger charge is -2.14. The number of hydrogen-bond acceptors (Lipinski definition) is 3. The zero-order chi connectivity index (χ0) is 12.8. The van der Waals surface area contributed by atoms with E-state index in [1.807, 2.05) is 6.26 Å². The first kappa shape index (κ1) is 14.1. The fourth-order valence-electron chi connectivity index (χ4n) is 1.45. The van der Waals surface area contributed by atoms with Gasteiger partial charge in [-0.2, -0.15) is 11.8 Å². The van der Waals surface area contributed by atoms with Crippen molar-refractivity contribution in [2.24, 2.45) is 0 Å². The Labute approximate surface area is 105 Å². The summed E-state index contributed by atoms with van der Waals surface area (Å²) in [7, 11) is 0. The lowest BCUT2D eigenvalue weighted by Crippen LogP contribution is -2.09. The molecule has 0 heterocycles. The molecule has 0 fully saturated rings. The Kier molecular flexibility index (Phi) is 5.55. The molecule has 0 aliphatic rings. The van der Waals surface area contributed by atoms with E-state index in [-0.39, 0.29) is 5.56 Å². The van der Waals surface area contributed by atoms with Crippen LogP contribution < -0.4 is 11.1 Å². The minimum atomic E-state index is -2.50. The lowest BCUT2D eigenvalue weighted by atomic mass is 10.1. The molecule has 3 N–H and O–H groups in total. The van der Waals surface area contributed by atoms with Crippen LogP contribution in [0.5, 0.6) is 0 Å². The molecule has 1 aromatic carbocycles. The Bertz CT molecular complexity index is 358. The minimum absolute atomic E-state index is 0.0261. The number of anilines is 2. The van der Waals surface area contributed by atoms with Gasteiger partial charge in [0.15, 0.2) is 0 Å². The van der Waals surface area contributed by atoms with E-state index in [0.717, 1.165) is 6.42 Å². The predicted molar refractivity (Wildman–Crippen MR) is 71.9 cm³/mol. The molecule has 96 valence electrons. The van der Waals surface area contributed by atoms with Crippen LogP contribution in [-0.4, -0.2) is 18.1 Å². The molecule has 0 saturated carbocycles. The molecule has 1 rings (SSSR count). The van der Waals surface area contributed by atoms with E-state index < -0.39 is 6.43 Å². The van der Waals surface area contributed by atoms with Crippen molar-refractivity contribution < 1.29 is 8.78 Å². The van der Waals surface area contributed by atoms with Crippen LogP contribution in [0.15, 0.2) is 18.2 Å². The first-order chi connectivity index (χ1) is 8.04. The fourth-order valence-corrected chi connectivity index (χ4v) is 1.80. The van der Waals surface area contributed by atoms with E-state index in [1.54, 1.807) is 23.9 Å². The van der Waals surface area contributed by atoms with Gasteiger partial charge in [-0.05, 0) is 30.9 Å². The van der Waals surface area contributed by atoms with Gasteiger partial charge >= 0.3 is 0 Å². The van der Waals surface area contributed by atoms with Gasteiger partial charge in [0.1, 0.15) is 0 Å². The predicted octanol–water partition coefficient (Wildman–Crippen LogP) is 3.76. The van der Waals surface area contributed by atoms with E-state index >= 15 is 0 Å². The van der Waals surface area contributed by atoms with Crippen LogP contribution in [0, 0.1) is 0 Å². The minimum Gasteiger partial charge on any atom is -0.399 e. The summed E-state index contributed by atoms with van der Waals surface area (Å²) < 4.78 is 25.5. The highest BCUT2D eigenvalue weighted by atomic mass is 32.2. The van der Waals surface area contributed by atoms with Gasteiger partial charge in [0.25, 0.3) is 6.43 Å². The standard InChI is InChI=1S/C12H18F2N2S/c1-8(17-2)5-6-16-11-4-3-9(15)7-10(11)12(13)14/h3-4,7-8,12,16H,5-6,15H2,1-2H3. The second kappa shape index (κ2) is 6.69. The van der Waals surface area contributed by atoms with Crippen LogP contribution in [0.25, 0.3) is 0 Å². The molecule has 0 amide bonds. The third-order valence-electron chi connectivity index (χ3n) is 2.58. The maximum atomic E-state index is 12.8. The SMILES string of the molecule is CSC(C)CCNc1ccc(N)cc1C(F)F. The number of halogens is 2. The van der Waals surface area contributed by atoms with Crippen molar-refractivity contribution in [1.82, 2.24) is 0 Å². The van der Waals surface area contributed by atoms with Crippen molar-refractivity contribution in [3.05, 3.63) is 23.8 Å². The average Bonchev–Trinajstić information content (AvgIpc) is 2.30. The van der Waals surface area contributed by atoms with Gasteiger partial charge in [0.2, 0.25) is 0 Å². The number of rotatable bonds is 6. The van der Waals surface area contributed by atoms with Crippen LogP contribution >= 0.6 is 11.8 Å². The zero-order valence-corrected chi connectivity index (χ0v) is 10.9. The molecule has 1 aromatic rings. The molecule has 0 aliphatic carbocycles. The van der Waals surface area contributed by atoms with E-state index in [9.17, 15) is 8.78 Å².